The second-order valence-corrected chi connectivity index (χ2v) is 5.20. The van der Waals surface area contributed by atoms with Crippen LogP contribution in [-0.4, -0.2) is 24.2 Å². The minimum atomic E-state index is -1.54. The van der Waals surface area contributed by atoms with Crippen LogP contribution in [-0.2, 0) is 10.3 Å². The van der Waals surface area contributed by atoms with E-state index >= 15 is 0 Å². The van der Waals surface area contributed by atoms with E-state index in [2.05, 4.69) is 31.3 Å². The highest BCUT2D eigenvalue weighted by molar-refractivity contribution is 9.10. The molecule has 1 aromatic rings. The van der Waals surface area contributed by atoms with Crippen molar-refractivity contribution in [1.29, 1.82) is 0 Å². The highest BCUT2D eigenvalue weighted by Gasteiger charge is 2.36. The summed E-state index contributed by atoms with van der Waals surface area (Å²) in [7, 11) is 0. The zero-order valence-corrected chi connectivity index (χ0v) is 12.4. The van der Waals surface area contributed by atoms with Crippen molar-refractivity contribution in [1.82, 2.24) is 5.32 Å². The van der Waals surface area contributed by atoms with Gasteiger partial charge >= 0.3 is 5.97 Å². The molecule has 0 aliphatic heterocycles. The molecule has 0 heterocycles. The third kappa shape index (κ3) is 3.93. The Morgan fingerprint density at radius 2 is 2.35 bits per heavy atom. The summed E-state index contributed by atoms with van der Waals surface area (Å²) >= 11 is 3.13. The third-order valence-electron chi connectivity index (χ3n) is 2.87. The van der Waals surface area contributed by atoms with E-state index in [1.165, 1.54) is 19.1 Å². The molecule has 0 aliphatic carbocycles. The molecule has 0 spiro atoms. The Morgan fingerprint density at radius 1 is 1.65 bits per heavy atom. The lowest BCUT2D eigenvalue weighted by Crippen LogP contribution is -2.47. The summed E-state index contributed by atoms with van der Waals surface area (Å²) < 4.78 is 14.5. The van der Waals surface area contributed by atoms with Crippen LogP contribution >= 0.6 is 15.9 Å². The Kier molecular flexibility index (Phi) is 5.94. The largest absolute Gasteiger partial charge is 0.480 e. The van der Waals surface area contributed by atoms with E-state index in [9.17, 15) is 14.3 Å². The lowest BCUT2D eigenvalue weighted by atomic mass is 9.91. The molecule has 0 radical (unpaired) electrons. The average molecular weight is 345 g/mol. The van der Waals surface area contributed by atoms with E-state index in [0.717, 1.165) is 0 Å². The van der Waals surface area contributed by atoms with Gasteiger partial charge in [0.2, 0.25) is 0 Å². The molecular weight excluding hydrogens is 331 g/mol. The van der Waals surface area contributed by atoms with Gasteiger partial charge in [-0.15, -0.1) is 0 Å². The molecule has 2 N–H and O–H groups in total. The fourth-order valence-electron chi connectivity index (χ4n) is 1.71. The van der Waals surface area contributed by atoms with E-state index in [1.54, 1.807) is 6.07 Å². The van der Waals surface area contributed by atoms with Gasteiger partial charge < -0.3 is 5.11 Å². The zero-order valence-electron chi connectivity index (χ0n) is 10.8. The molecule has 0 amide bonds. The van der Waals surface area contributed by atoms with E-state index in [-0.39, 0.29) is 18.7 Å². The van der Waals surface area contributed by atoms with Gasteiger partial charge in [0, 0.05) is 21.5 Å². The molecule has 0 saturated heterocycles. The highest BCUT2D eigenvalue weighted by Crippen LogP contribution is 2.26. The predicted octanol–water partition coefficient (Wildman–Crippen LogP) is 3.18. The normalized spacial score (nSPS) is 13.3. The quantitative estimate of drug-likeness (QED) is 0.344. The van der Waals surface area contributed by atoms with Crippen molar-refractivity contribution in [3.05, 3.63) is 44.5 Å². The minimum absolute atomic E-state index is 0.0528. The number of carboxylic acids is 1. The summed E-state index contributed by atoms with van der Waals surface area (Å²) in [5.41, 5.74) is 6.66. The van der Waals surface area contributed by atoms with Gasteiger partial charge in [-0.05, 0) is 37.6 Å². The molecule has 108 valence electrons. The zero-order chi connectivity index (χ0) is 15.2. The molecule has 1 rings (SSSR count). The van der Waals surface area contributed by atoms with Crippen LogP contribution in [0.5, 0.6) is 0 Å². The molecule has 0 fully saturated rings. The van der Waals surface area contributed by atoms with Gasteiger partial charge in [0.05, 0.1) is 0 Å². The number of halogens is 2. The van der Waals surface area contributed by atoms with Crippen molar-refractivity contribution in [3.8, 4) is 0 Å². The van der Waals surface area contributed by atoms with Crippen molar-refractivity contribution in [3.63, 3.8) is 0 Å². The third-order valence-corrected chi connectivity index (χ3v) is 3.37. The van der Waals surface area contributed by atoms with Crippen LogP contribution in [0.2, 0.25) is 0 Å². The SMILES string of the molecule is CC(NCCCN=[N+]=[N-])(C(=O)O)c1ccc(Br)cc1F. The number of azide groups is 1. The maximum absolute atomic E-state index is 13.9. The Labute approximate surface area is 123 Å². The van der Waals surface area contributed by atoms with Gasteiger partial charge in [-0.2, -0.15) is 0 Å². The standard InChI is InChI=1S/C12H14BrFN4O2/c1-12(11(19)20,16-5-2-6-17-18-15)9-4-3-8(13)7-10(9)14/h3-4,7,16H,2,5-6H2,1H3,(H,19,20). The molecule has 8 heteroatoms. The van der Waals surface area contributed by atoms with Crippen LogP contribution in [0.4, 0.5) is 4.39 Å². The van der Waals surface area contributed by atoms with Crippen LogP contribution in [0.3, 0.4) is 0 Å². The Morgan fingerprint density at radius 3 is 2.90 bits per heavy atom. The number of carboxylic acid groups (broad SMARTS) is 1. The number of hydrogen-bond donors (Lipinski definition) is 2. The predicted molar refractivity (Wildman–Crippen MR) is 75.7 cm³/mol. The van der Waals surface area contributed by atoms with E-state index in [4.69, 9.17) is 5.53 Å². The number of nitrogens with one attached hydrogen (secondary N) is 1. The summed E-state index contributed by atoms with van der Waals surface area (Å²) in [6.45, 7) is 1.94. The van der Waals surface area contributed by atoms with Gasteiger partial charge in [0.1, 0.15) is 11.4 Å². The number of rotatable bonds is 7. The second-order valence-electron chi connectivity index (χ2n) is 4.29. The maximum Gasteiger partial charge on any atom is 0.328 e. The van der Waals surface area contributed by atoms with Crippen molar-refractivity contribution in [2.24, 2.45) is 5.11 Å². The Hall–Kier alpha value is -1.63. The van der Waals surface area contributed by atoms with Gasteiger partial charge in [0.15, 0.2) is 0 Å². The lowest BCUT2D eigenvalue weighted by molar-refractivity contribution is -0.144. The summed E-state index contributed by atoms with van der Waals surface area (Å²) in [4.78, 5) is 14.1. The number of aliphatic carboxylic acids is 1. The molecule has 1 unspecified atom stereocenters. The Balaban J connectivity index is 2.91. The topological polar surface area (TPSA) is 98.1 Å². The monoisotopic (exact) mass is 344 g/mol. The van der Waals surface area contributed by atoms with Gasteiger partial charge in [-0.3, -0.25) is 5.32 Å². The van der Waals surface area contributed by atoms with Crippen LogP contribution in [0.15, 0.2) is 27.8 Å². The van der Waals surface area contributed by atoms with Crippen molar-refractivity contribution in [2.75, 3.05) is 13.1 Å². The van der Waals surface area contributed by atoms with E-state index in [0.29, 0.717) is 10.9 Å². The van der Waals surface area contributed by atoms with Crippen LogP contribution in [0.25, 0.3) is 10.4 Å². The van der Waals surface area contributed by atoms with Gasteiger partial charge in [-0.1, -0.05) is 27.1 Å². The second kappa shape index (κ2) is 7.23. The average Bonchev–Trinajstić information content (AvgIpc) is 2.37. The lowest BCUT2D eigenvalue weighted by Gasteiger charge is -2.27. The number of hydrogen-bond acceptors (Lipinski definition) is 3. The summed E-state index contributed by atoms with van der Waals surface area (Å²) in [6.07, 6.45) is 0.463. The van der Waals surface area contributed by atoms with Crippen molar-refractivity contribution < 1.29 is 14.3 Å². The summed E-state index contributed by atoms with van der Waals surface area (Å²) in [5, 5.41) is 15.5. The number of carbonyl (C=O) groups is 1. The summed E-state index contributed by atoms with van der Waals surface area (Å²) in [5.74, 6) is -1.78. The first kappa shape index (κ1) is 16.4. The molecule has 20 heavy (non-hydrogen) atoms. The van der Waals surface area contributed by atoms with E-state index in [1.807, 2.05) is 0 Å². The van der Waals surface area contributed by atoms with Gasteiger partial charge in [-0.25, -0.2) is 9.18 Å². The molecule has 1 aromatic carbocycles. The number of nitrogens with zero attached hydrogens (tertiary/aromatic N) is 3. The smallest absolute Gasteiger partial charge is 0.328 e. The molecule has 0 aromatic heterocycles. The van der Waals surface area contributed by atoms with Gasteiger partial charge in [0.25, 0.3) is 0 Å². The highest BCUT2D eigenvalue weighted by atomic mass is 79.9. The first-order valence-corrected chi connectivity index (χ1v) is 6.66. The molecule has 0 saturated carbocycles. The van der Waals surface area contributed by atoms with Crippen molar-refractivity contribution >= 4 is 21.9 Å². The molecule has 1 atom stereocenters. The molecular formula is C12H14BrFN4O2. The maximum atomic E-state index is 13.9. The number of benzene rings is 1. The minimum Gasteiger partial charge on any atom is -0.480 e. The Bertz CT molecular complexity index is 548. The van der Waals surface area contributed by atoms with Crippen LogP contribution in [0, 0.1) is 5.82 Å². The molecule has 0 aliphatic rings. The molecule has 6 nitrogen and oxygen atoms in total. The fraction of sp³-hybridized carbons (Fsp3) is 0.417. The first-order chi connectivity index (χ1) is 9.41. The molecule has 0 bridgehead atoms. The van der Waals surface area contributed by atoms with Crippen molar-refractivity contribution in [2.45, 2.75) is 18.9 Å². The first-order valence-electron chi connectivity index (χ1n) is 5.86. The summed E-state index contributed by atoms with van der Waals surface area (Å²) in [6, 6.07) is 4.23. The van der Waals surface area contributed by atoms with Crippen LogP contribution < -0.4 is 5.32 Å². The van der Waals surface area contributed by atoms with Crippen LogP contribution in [0.1, 0.15) is 18.9 Å². The fourth-order valence-corrected chi connectivity index (χ4v) is 2.05. The van der Waals surface area contributed by atoms with E-state index < -0.39 is 17.3 Å².